The fourth-order valence-corrected chi connectivity index (χ4v) is 4.14. The summed E-state index contributed by atoms with van der Waals surface area (Å²) in [6.45, 7) is 0.523. The molecule has 5 heteroatoms. The van der Waals surface area contributed by atoms with Crippen LogP contribution in [0.5, 0.6) is 0 Å². The van der Waals surface area contributed by atoms with Gasteiger partial charge in [0.1, 0.15) is 5.82 Å². The van der Waals surface area contributed by atoms with Crippen molar-refractivity contribution in [3.05, 3.63) is 30.1 Å². The Hall–Kier alpha value is -1.67. The van der Waals surface area contributed by atoms with Crippen molar-refractivity contribution in [2.24, 2.45) is 11.8 Å². The molecule has 2 saturated carbocycles. The zero-order valence-corrected chi connectivity index (χ0v) is 13.3. The lowest BCUT2D eigenvalue weighted by Gasteiger charge is -2.30. The van der Waals surface area contributed by atoms with Gasteiger partial charge < -0.3 is 10.2 Å². The first-order valence-electron chi connectivity index (χ1n) is 7.88. The number of fused-ring (bicyclic) bond motifs is 2. The fraction of sp³-hybridized carbons (Fsp3) is 0.529. The Morgan fingerprint density at radius 2 is 2.09 bits per heavy atom. The summed E-state index contributed by atoms with van der Waals surface area (Å²) in [4.78, 5) is 1.91. The molecular weight excluding hydrogens is 297 g/mol. The Balaban J connectivity index is 1.69. The summed E-state index contributed by atoms with van der Waals surface area (Å²) in [6, 6.07) is 8.88. The number of halogens is 1. The average Bonchev–Trinajstić information content (AvgIpc) is 3.12. The van der Waals surface area contributed by atoms with E-state index in [0.29, 0.717) is 24.1 Å². The third-order valence-electron chi connectivity index (χ3n) is 4.88. The topological polar surface area (TPSA) is 39.1 Å². The molecule has 22 heavy (non-hydrogen) atoms. The zero-order chi connectivity index (χ0) is 15.5. The van der Waals surface area contributed by atoms with E-state index in [-0.39, 0.29) is 5.82 Å². The maximum absolute atomic E-state index is 13.1. The Kier molecular flexibility index (Phi) is 4.58. The van der Waals surface area contributed by atoms with E-state index in [9.17, 15) is 4.39 Å². The van der Waals surface area contributed by atoms with Gasteiger partial charge in [-0.05, 0) is 67.6 Å². The van der Waals surface area contributed by atoms with E-state index in [2.05, 4.69) is 11.4 Å². The van der Waals surface area contributed by atoms with Crippen LogP contribution in [0.25, 0.3) is 0 Å². The minimum Gasteiger partial charge on any atom is -0.359 e. The van der Waals surface area contributed by atoms with Crippen LogP contribution in [0.15, 0.2) is 24.3 Å². The van der Waals surface area contributed by atoms with E-state index in [1.54, 1.807) is 12.1 Å². The molecule has 0 saturated heterocycles. The van der Waals surface area contributed by atoms with Gasteiger partial charge in [-0.1, -0.05) is 6.42 Å². The van der Waals surface area contributed by atoms with Crippen LogP contribution in [0.4, 0.5) is 10.1 Å². The molecule has 0 unspecified atom stereocenters. The molecule has 0 heterocycles. The SMILES string of the molecule is N#CCCN(C(=S)N[C@H]1C[C@@H]2CC[C@@H]1C2)c1ccc(F)cc1. The lowest BCUT2D eigenvalue weighted by Crippen LogP contribution is -2.47. The normalized spacial score (nSPS) is 25.7. The second-order valence-electron chi connectivity index (χ2n) is 6.27. The first-order valence-corrected chi connectivity index (χ1v) is 8.28. The van der Waals surface area contributed by atoms with Crippen LogP contribution in [0, 0.1) is 29.0 Å². The Morgan fingerprint density at radius 1 is 1.32 bits per heavy atom. The zero-order valence-electron chi connectivity index (χ0n) is 12.5. The van der Waals surface area contributed by atoms with Crippen LogP contribution in [0.2, 0.25) is 0 Å². The molecule has 0 aliphatic heterocycles. The third kappa shape index (κ3) is 3.22. The van der Waals surface area contributed by atoms with Crippen LogP contribution < -0.4 is 10.2 Å². The fourth-order valence-electron chi connectivity index (χ4n) is 3.79. The highest BCUT2D eigenvalue weighted by molar-refractivity contribution is 7.80. The van der Waals surface area contributed by atoms with Gasteiger partial charge in [0.15, 0.2) is 5.11 Å². The number of anilines is 1. The molecule has 0 amide bonds. The van der Waals surface area contributed by atoms with Crippen molar-refractivity contribution in [1.82, 2.24) is 5.32 Å². The van der Waals surface area contributed by atoms with Crippen molar-refractivity contribution in [2.45, 2.75) is 38.1 Å². The largest absolute Gasteiger partial charge is 0.359 e. The number of nitrogens with zero attached hydrogens (tertiary/aromatic N) is 2. The molecule has 1 N–H and O–H groups in total. The number of benzene rings is 1. The quantitative estimate of drug-likeness (QED) is 0.861. The second-order valence-corrected chi connectivity index (χ2v) is 6.65. The highest BCUT2D eigenvalue weighted by Gasteiger charge is 2.40. The van der Waals surface area contributed by atoms with Crippen molar-refractivity contribution in [1.29, 1.82) is 5.26 Å². The average molecular weight is 317 g/mol. The van der Waals surface area contributed by atoms with Crippen LogP contribution >= 0.6 is 12.2 Å². The number of hydrogen-bond donors (Lipinski definition) is 1. The predicted molar refractivity (Wildman–Crippen MR) is 88.9 cm³/mol. The van der Waals surface area contributed by atoms with E-state index < -0.39 is 0 Å². The minimum atomic E-state index is -0.268. The Bertz CT molecular complexity index is 581. The maximum Gasteiger partial charge on any atom is 0.173 e. The molecule has 0 radical (unpaired) electrons. The van der Waals surface area contributed by atoms with E-state index >= 15 is 0 Å². The predicted octanol–water partition coefficient (Wildman–Crippen LogP) is 3.61. The van der Waals surface area contributed by atoms with E-state index in [1.807, 2.05) is 4.90 Å². The van der Waals surface area contributed by atoms with Crippen LogP contribution in [0.3, 0.4) is 0 Å². The maximum atomic E-state index is 13.1. The minimum absolute atomic E-state index is 0.268. The van der Waals surface area contributed by atoms with Gasteiger partial charge in [0.25, 0.3) is 0 Å². The molecule has 2 bridgehead atoms. The summed E-state index contributed by atoms with van der Waals surface area (Å²) < 4.78 is 13.1. The van der Waals surface area contributed by atoms with Crippen molar-refractivity contribution in [2.75, 3.05) is 11.4 Å². The Morgan fingerprint density at radius 3 is 2.68 bits per heavy atom. The lowest BCUT2D eigenvalue weighted by molar-refractivity contribution is 0.390. The molecule has 2 aliphatic rings. The van der Waals surface area contributed by atoms with Gasteiger partial charge in [-0.15, -0.1) is 0 Å². The van der Waals surface area contributed by atoms with Crippen molar-refractivity contribution in [3.8, 4) is 6.07 Å². The van der Waals surface area contributed by atoms with Crippen LogP contribution in [-0.2, 0) is 0 Å². The molecule has 0 spiro atoms. The lowest BCUT2D eigenvalue weighted by atomic mass is 9.95. The second kappa shape index (κ2) is 6.62. The van der Waals surface area contributed by atoms with Gasteiger partial charge in [-0.3, -0.25) is 0 Å². The molecule has 1 aromatic rings. The van der Waals surface area contributed by atoms with Crippen molar-refractivity contribution < 1.29 is 4.39 Å². The molecular formula is C17H20FN3S. The number of thiocarbonyl (C=S) groups is 1. The van der Waals surface area contributed by atoms with Gasteiger partial charge in [0.05, 0.1) is 12.5 Å². The van der Waals surface area contributed by atoms with Crippen LogP contribution in [-0.4, -0.2) is 17.7 Å². The van der Waals surface area contributed by atoms with Crippen LogP contribution in [0.1, 0.15) is 32.1 Å². The monoisotopic (exact) mass is 317 g/mol. The summed E-state index contributed by atoms with van der Waals surface area (Å²) in [5, 5.41) is 13.0. The highest BCUT2D eigenvalue weighted by atomic mass is 32.1. The first-order chi connectivity index (χ1) is 10.7. The highest BCUT2D eigenvalue weighted by Crippen LogP contribution is 2.44. The number of hydrogen-bond acceptors (Lipinski definition) is 2. The van der Waals surface area contributed by atoms with Crippen molar-refractivity contribution in [3.63, 3.8) is 0 Å². The molecule has 2 aliphatic carbocycles. The van der Waals surface area contributed by atoms with Gasteiger partial charge >= 0.3 is 0 Å². The number of nitriles is 1. The molecule has 116 valence electrons. The van der Waals surface area contributed by atoms with E-state index in [1.165, 1.54) is 37.8 Å². The molecule has 3 nitrogen and oxygen atoms in total. The summed E-state index contributed by atoms with van der Waals surface area (Å²) in [6.07, 6.45) is 5.54. The molecule has 0 aromatic heterocycles. The molecule has 1 aromatic carbocycles. The molecule has 2 fully saturated rings. The van der Waals surface area contributed by atoms with Crippen molar-refractivity contribution >= 4 is 23.0 Å². The summed E-state index contributed by atoms with van der Waals surface area (Å²) in [5.41, 5.74) is 0.831. The summed E-state index contributed by atoms with van der Waals surface area (Å²) in [5.74, 6) is 1.31. The van der Waals surface area contributed by atoms with Gasteiger partial charge in [-0.25, -0.2) is 4.39 Å². The molecule has 3 rings (SSSR count). The number of nitrogens with one attached hydrogen (secondary N) is 1. The van der Waals surface area contributed by atoms with E-state index in [0.717, 1.165) is 17.5 Å². The van der Waals surface area contributed by atoms with Gasteiger partial charge in [0.2, 0.25) is 0 Å². The number of rotatable bonds is 4. The Labute approximate surface area is 136 Å². The van der Waals surface area contributed by atoms with E-state index in [4.69, 9.17) is 17.5 Å². The van der Waals surface area contributed by atoms with Gasteiger partial charge in [0, 0.05) is 18.3 Å². The third-order valence-corrected chi connectivity index (χ3v) is 5.22. The standard InChI is InChI=1S/C17H20FN3S/c18-14-4-6-15(7-5-14)21(9-1-8-19)17(22)20-16-11-12-2-3-13(16)10-12/h4-7,12-13,16H,1-3,9-11H2,(H,20,22)/t12-,13-,16+/m1/s1. The summed E-state index contributed by atoms with van der Waals surface area (Å²) in [7, 11) is 0. The molecule has 3 atom stereocenters. The smallest absolute Gasteiger partial charge is 0.173 e. The summed E-state index contributed by atoms with van der Waals surface area (Å²) >= 11 is 5.57. The first kappa shape index (κ1) is 15.2. The van der Waals surface area contributed by atoms with Gasteiger partial charge in [-0.2, -0.15) is 5.26 Å².